The maximum absolute atomic E-state index is 13.3. The summed E-state index contributed by atoms with van der Waals surface area (Å²) in [7, 11) is 0. The highest BCUT2D eigenvalue weighted by molar-refractivity contribution is 7.15. The molecule has 0 fully saturated rings. The Bertz CT molecular complexity index is 549. The number of nitrogens with one attached hydrogen (secondary N) is 1. The molecule has 102 valence electrons. The van der Waals surface area contributed by atoms with Gasteiger partial charge >= 0.3 is 0 Å². The summed E-state index contributed by atoms with van der Waals surface area (Å²) in [4.78, 5) is 5.58. The molecule has 0 amide bonds. The molecule has 0 saturated heterocycles. The number of aromatic nitrogens is 1. The summed E-state index contributed by atoms with van der Waals surface area (Å²) in [6.45, 7) is 8.16. The van der Waals surface area contributed by atoms with Crippen molar-refractivity contribution in [3.05, 3.63) is 40.7 Å². The quantitative estimate of drug-likeness (QED) is 0.894. The molecule has 0 saturated carbocycles. The molecule has 0 aliphatic rings. The Morgan fingerprint density at radius 1 is 1.37 bits per heavy atom. The fraction of sp³-hybridized carbons (Fsp3) is 0.400. The van der Waals surface area contributed by atoms with Gasteiger partial charge < -0.3 is 5.32 Å². The van der Waals surface area contributed by atoms with Gasteiger partial charge in [0.1, 0.15) is 10.8 Å². The van der Waals surface area contributed by atoms with E-state index in [1.165, 1.54) is 10.9 Å². The molecule has 1 aromatic heterocycles. The number of hydrogen-bond acceptors (Lipinski definition) is 3. The summed E-state index contributed by atoms with van der Waals surface area (Å²) in [6.07, 6.45) is 1.87. The predicted octanol–water partition coefficient (Wildman–Crippen LogP) is 4.00. The third-order valence-electron chi connectivity index (χ3n) is 2.84. The van der Waals surface area contributed by atoms with Crippen molar-refractivity contribution in [3.8, 4) is 10.6 Å². The molecule has 19 heavy (non-hydrogen) atoms. The highest BCUT2D eigenvalue weighted by Crippen LogP contribution is 2.28. The molecule has 0 bridgehead atoms. The maximum Gasteiger partial charge on any atom is 0.123 e. The molecule has 2 rings (SSSR count). The van der Waals surface area contributed by atoms with Crippen molar-refractivity contribution in [3.63, 3.8) is 0 Å². The van der Waals surface area contributed by atoms with Crippen LogP contribution in [-0.4, -0.2) is 11.5 Å². The van der Waals surface area contributed by atoms with Gasteiger partial charge in [0, 0.05) is 23.2 Å². The van der Waals surface area contributed by atoms with Gasteiger partial charge in [-0.15, -0.1) is 11.3 Å². The molecule has 2 aromatic rings. The van der Waals surface area contributed by atoms with Crippen molar-refractivity contribution < 1.29 is 4.39 Å². The fourth-order valence-electron chi connectivity index (χ4n) is 1.82. The van der Waals surface area contributed by atoms with Crippen LogP contribution in [0.3, 0.4) is 0 Å². The lowest BCUT2D eigenvalue weighted by atomic mass is 10.1. The first-order chi connectivity index (χ1) is 9.06. The van der Waals surface area contributed by atoms with Crippen LogP contribution >= 0.6 is 11.3 Å². The third kappa shape index (κ3) is 3.85. The number of benzene rings is 1. The van der Waals surface area contributed by atoms with E-state index in [2.05, 4.69) is 24.1 Å². The second kappa shape index (κ2) is 6.26. The van der Waals surface area contributed by atoms with Crippen molar-refractivity contribution in [2.45, 2.75) is 27.3 Å². The normalized spacial score (nSPS) is 11.2. The van der Waals surface area contributed by atoms with Crippen LogP contribution in [0.15, 0.2) is 24.4 Å². The van der Waals surface area contributed by atoms with Crippen molar-refractivity contribution in [1.82, 2.24) is 10.3 Å². The van der Waals surface area contributed by atoms with Crippen molar-refractivity contribution >= 4 is 11.3 Å². The Kier molecular flexibility index (Phi) is 4.66. The van der Waals surface area contributed by atoms with Crippen LogP contribution in [0.25, 0.3) is 10.6 Å². The van der Waals surface area contributed by atoms with E-state index in [0.717, 1.165) is 29.2 Å². The van der Waals surface area contributed by atoms with Gasteiger partial charge in [0.05, 0.1) is 0 Å². The molecule has 1 aromatic carbocycles. The minimum atomic E-state index is -0.213. The molecule has 1 N–H and O–H groups in total. The largest absolute Gasteiger partial charge is 0.312 e. The first kappa shape index (κ1) is 14.2. The Morgan fingerprint density at radius 2 is 2.16 bits per heavy atom. The Hall–Kier alpha value is -1.26. The molecule has 4 heteroatoms. The lowest BCUT2D eigenvalue weighted by Gasteiger charge is -2.05. The first-order valence-corrected chi connectivity index (χ1v) is 7.30. The van der Waals surface area contributed by atoms with E-state index in [1.54, 1.807) is 23.5 Å². The number of aryl methyl sites for hydroxylation is 1. The summed E-state index contributed by atoms with van der Waals surface area (Å²) in [5, 5.41) is 4.28. The molecule has 0 aliphatic heterocycles. The van der Waals surface area contributed by atoms with Gasteiger partial charge in [0.15, 0.2) is 0 Å². The average molecular weight is 278 g/mol. The van der Waals surface area contributed by atoms with Crippen LogP contribution in [0.1, 0.15) is 24.3 Å². The number of hydrogen-bond donors (Lipinski definition) is 1. The standard InChI is InChI=1S/C15H19FN2S/c1-10(2)7-17-8-13-9-18-15(19-13)14-6-12(16)5-4-11(14)3/h4-6,9-10,17H,7-8H2,1-3H3. The highest BCUT2D eigenvalue weighted by Gasteiger charge is 2.08. The third-order valence-corrected chi connectivity index (χ3v) is 3.87. The highest BCUT2D eigenvalue weighted by atomic mass is 32.1. The fourth-order valence-corrected chi connectivity index (χ4v) is 2.79. The van der Waals surface area contributed by atoms with E-state index >= 15 is 0 Å². The number of rotatable bonds is 5. The zero-order valence-corrected chi connectivity index (χ0v) is 12.4. The lowest BCUT2D eigenvalue weighted by Crippen LogP contribution is -2.18. The average Bonchev–Trinajstić information content (AvgIpc) is 2.80. The van der Waals surface area contributed by atoms with E-state index in [1.807, 2.05) is 13.1 Å². The Balaban J connectivity index is 2.10. The summed E-state index contributed by atoms with van der Waals surface area (Å²) in [6, 6.07) is 4.83. The van der Waals surface area contributed by atoms with Gasteiger partial charge in [-0.1, -0.05) is 19.9 Å². The molecule has 0 spiro atoms. The minimum absolute atomic E-state index is 0.213. The molecular weight excluding hydrogens is 259 g/mol. The van der Waals surface area contributed by atoms with E-state index in [9.17, 15) is 4.39 Å². The van der Waals surface area contributed by atoms with Crippen LogP contribution < -0.4 is 5.32 Å². The van der Waals surface area contributed by atoms with Gasteiger partial charge in [0.25, 0.3) is 0 Å². The van der Waals surface area contributed by atoms with E-state index in [4.69, 9.17) is 0 Å². The number of nitrogens with zero attached hydrogens (tertiary/aromatic N) is 1. The Labute approximate surface area is 117 Å². The number of thiazole rings is 1. The molecule has 0 aliphatic carbocycles. The van der Waals surface area contributed by atoms with Crippen molar-refractivity contribution in [2.75, 3.05) is 6.54 Å². The summed E-state index contributed by atoms with van der Waals surface area (Å²) in [5.41, 5.74) is 1.94. The monoisotopic (exact) mass is 278 g/mol. The van der Waals surface area contributed by atoms with Crippen LogP contribution in [-0.2, 0) is 6.54 Å². The zero-order valence-electron chi connectivity index (χ0n) is 11.5. The van der Waals surface area contributed by atoms with Gasteiger partial charge in [-0.3, -0.25) is 0 Å². The van der Waals surface area contributed by atoms with E-state index in [-0.39, 0.29) is 5.82 Å². The van der Waals surface area contributed by atoms with Crippen LogP contribution in [0.2, 0.25) is 0 Å². The van der Waals surface area contributed by atoms with Gasteiger partial charge in [-0.25, -0.2) is 9.37 Å². The van der Waals surface area contributed by atoms with Crippen LogP contribution in [0, 0.1) is 18.7 Å². The summed E-state index contributed by atoms with van der Waals surface area (Å²) in [5.74, 6) is 0.424. The SMILES string of the molecule is Cc1ccc(F)cc1-c1ncc(CNCC(C)C)s1. The van der Waals surface area contributed by atoms with Crippen molar-refractivity contribution in [1.29, 1.82) is 0 Å². The summed E-state index contributed by atoms with van der Waals surface area (Å²) >= 11 is 1.62. The van der Waals surface area contributed by atoms with Gasteiger partial charge in [-0.05, 0) is 37.1 Å². The van der Waals surface area contributed by atoms with Crippen LogP contribution in [0.4, 0.5) is 4.39 Å². The minimum Gasteiger partial charge on any atom is -0.312 e. The predicted molar refractivity (Wildman–Crippen MR) is 78.8 cm³/mol. The number of halogens is 1. The van der Waals surface area contributed by atoms with E-state index in [0.29, 0.717) is 5.92 Å². The lowest BCUT2D eigenvalue weighted by molar-refractivity contribution is 0.554. The topological polar surface area (TPSA) is 24.9 Å². The Morgan fingerprint density at radius 3 is 2.89 bits per heavy atom. The zero-order chi connectivity index (χ0) is 13.8. The van der Waals surface area contributed by atoms with Gasteiger partial charge in [-0.2, -0.15) is 0 Å². The smallest absolute Gasteiger partial charge is 0.123 e. The second-order valence-corrected chi connectivity index (χ2v) is 6.23. The molecule has 2 nitrogen and oxygen atoms in total. The maximum atomic E-state index is 13.3. The summed E-state index contributed by atoms with van der Waals surface area (Å²) < 4.78 is 13.3. The molecule has 0 unspecified atom stereocenters. The van der Waals surface area contributed by atoms with Crippen molar-refractivity contribution in [2.24, 2.45) is 5.92 Å². The van der Waals surface area contributed by atoms with Gasteiger partial charge in [0.2, 0.25) is 0 Å². The van der Waals surface area contributed by atoms with E-state index < -0.39 is 0 Å². The first-order valence-electron chi connectivity index (χ1n) is 6.48. The second-order valence-electron chi connectivity index (χ2n) is 5.12. The molecular formula is C15H19FN2S. The van der Waals surface area contributed by atoms with Crippen LogP contribution in [0.5, 0.6) is 0 Å². The molecule has 0 radical (unpaired) electrons. The molecule has 1 heterocycles. The molecule has 0 atom stereocenters.